The fourth-order valence-corrected chi connectivity index (χ4v) is 6.10. The van der Waals surface area contributed by atoms with Crippen LogP contribution in [0.1, 0.15) is 48.8 Å². The van der Waals surface area contributed by atoms with Crippen LogP contribution in [0.3, 0.4) is 0 Å². The Morgan fingerprint density at radius 1 is 1.30 bits per heavy atom. The molecule has 0 saturated carbocycles. The molecule has 0 bridgehead atoms. The molecule has 1 saturated heterocycles. The number of Topliss-reactive ketones (excluding diaryl/α,β-unsaturated/α-hetero) is 1. The highest BCUT2D eigenvalue weighted by Crippen LogP contribution is 2.46. The number of thiophene rings is 1. The van der Waals surface area contributed by atoms with Crippen molar-refractivity contribution >= 4 is 34.2 Å². The number of methoxy groups -OCH3 is 1. The van der Waals surface area contributed by atoms with Crippen LogP contribution in [-0.4, -0.2) is 47.4 Å². The lowest BCUT2D eigenvalue weighted by atomic mass is 9.73. The highest BCUT2D eigenvalue weighted by Gasteiger charge is 2.42. The van der Waals surface area contributed by atoms with Crippen molar-refractivity contribution in [1.29, 1.82) is 5.41 Å². The lowest BCUT2D eigenvalue weighted by molar-refractivity contribution is -0.0229. The van der Waals surface area contributed by atoms with Gasteiger partial charge < -0.3 is 14.2 Å². The maximum atomic E-state index is 14.0. The largest absolute Gasteiger partial charge is 0.496 e. The zero-order valence-corrected chi connectivity index (χ0v) is 22.1. The number of rotatable bonds is 5. The minimum absolute atomic E-state index is 0.0363. The van der Waals surface area contributed by atoms with Crippen LogP contribution in [-0.2, 0) is 11.3 Å². The van der Waals surface area contributed by atoms with Gasteiger partial charge in [-0.3, -0.25) is 10.2 Å². The first-order valence-electron chi connectivity index (χ1n) is 12.3. The quantitative estimate of drug-likeness (QED) is 0.446. The highest BCUT2D eigenvalue weighted by molar-refractivity contribution is 7.08. The molecule has 9 heteroatoms. The van der Waals surface area contributed by atoms with E-state index < -0.39 is 0 Å². The maximum absolute atomic E-state index is 14.0. The Kier molecular flexibility index (Phi) is 5.65. The van der Waals surface area contributed by atoms with Crippen molar-refractivity contribution < 1.29 is 19.0 Å². The molecular formula is C28H28N4O4S. The number of ether oxygens (including phenoxy) is 3. The minimum Gasteiger partial charge on any atom is -0.496 e. The minimum atomic E-state index is -0.279. The van der Waals surface area contributed by atoms with E-state index in [1.807, 2.05) is 40.6 Å². The molecule has 37 heavy (non-hydrogen) atoms. The van der Waals surface area contributed by atoms with E-state index in [1.165, 1.54) is 0 Å². The topological polar surface area (TPSA) is 98.8 Å². The molecule has 3 aliphatic rings. The number of hydrogen-bond donors (Lipinski definition) is 1. The SMILES string of the molecule is COc1cc2c(cc1C1=CC(=N)N=C1C)-c1c(c(C(=O)C3CCOCC3(C)C)nn1-c1ccsc1)CO2. The third kappa shape index (κ3) is 3.84. The maximum Gasteiger partial charge on any atom is 0.187 e. The molecule has 3 aliphatic heterocycles. The lowest BCUT2D eigenvalue weighted by Crippen LogP contribution is -2.40. The number of hydrogen-bond acceptors (Lipinski definition) is 7. The van der Waals surface area contributed by atoms with Crippen molar-refractivity contribution in [3.8, 4) is 28.4 Å². The molecule has 6 rings (SSSR count). The van der Waals surface area contributed by atoms with Crippen LogP contribution in [0.2, 0.25) is 0 Å². The fraction of sp³-hybridized carbons (Fsp3) is 0.357. The molecule has 0 radical (unpaired) electrons. The predicted molar refractivity (Wildman–Crippen MR) is 144 cm³/mol. The van der Waals surface area contributed by atoms with E-state index in [1.54, 1.807) is 24.5 Å². The third-order valence-electron chi connectivity index (χ3n) is 7.43. The summed E-state index contributed by atoms with van der Waals surface area (Å²) in [5.74, 6) is 1.36. The summed E-state index contributed by atoms with van der Waals surface area (Å²) in [4.78, 5) is 18.3. The van der Waals surface area contributed by atoms with E-state index >= 15 is 0 Å². The molecule has 3 aromatic rings. The summed E-state index contributed by atoms with van der Waals surface area (Å²) >= 11 is 1.58. The van der Waals surface area contributed by atoms with Crippen LogP contribution in [0.25, 0.3) is 22.5 Å². The number of benzene rings is 1. The van der Waals surface area contributed by atoms with Gasteiger partial charge in [0.15, 0.2) is 5.78 Å². The highest BCUT2D eigenvalue weighted by atomic mass is 32.1. The molecule has 190 valence electrons. The third-order valence-corrected chi connectivity index (χ3v) is 8.10. The number of aliphatic imine (C=N–C) groups is 1. The molecular weight excluding hydrogens is 488 g/mol. The van der Waals surface area contributed by atoms with Crippen LogP contribution in [0.4, 0.5) is 0 Å². The number of carbonyl (C=O) groups is 1. The van der Waals surface area contributed by atoms with Crippen LogP contribution in [0.15, 0.2) is 40.0 Å². The Morgan fingerprint density at radius 3 is 2.81 bits per heavy atom. The number of aromatic nitrogens is 2. The van der Waals surface area contributed by atoms with Gasteiger partial charge in [-0.25, -0.2) is 9.67 Å². The van der Waals surface area contributed by atoms with Gasteiger partial charge in [-0.15, -0.1) is 0 Å². The van der Waals surface area contributed by atoms with Crippen molar-refractivity contribution in [3.05, 3.63) is 51.9 Å². The van der Waals surface area contributed by atoms with E-state index in [9.17, 15) is 4.79 Å². The summed E-state index contributed by atoms with van der Waals surface area (Å²) in [6.07, 6.45) is 2.41. The molecule has 0 spiro atoms. The molecule has 1 atom stereocenters. The van der Waals surface area contributed by atoms with Crippen LogP contribution in [0.5, 0.6) is 11.5 Å². The van der Waals surface area contributed by atoms with Gasteiger partial charge in [-0.2, -0.15) is 16.4 Å². The Balaban J connectivity index is 1.55. The first-order chi connectivity index (χ1) is 17.8. The van der Waals surface area contributed by atoms with E-state index in [2.05, 4.69) is 18.8 Å². The van der Waals surface area contributed by atoms with Crippen LogP contribution >= 0.6 is 11.3 Å². The standard InChI is InChI=1S/C28H28N4O4S/c1-15-17(10-24(29)30-15)18-9-19-23(11-22(18)34-4)36-12-20-25(27(33)21-5-7-35-14-28(21,2)3)31-32(26(19)20)16-6-8-37-13-16/h6,8-11,13,21,29H,5,7,12,14H2,1-4H3. The van der Waals surface area contributed by atoms with E-state index in [4.69, 9.17) is 24.7 Å². The normalized spacial score (nSPS) is 20.0. The number of amidine groups is 1. The monoisotopic (exact) mass is 516 g/mol. The van der Waals surface area contributed by atoms with Gasteiger partial charge in [0.1, 0.15) is 29.6 Å². The summed E-state index contributed by atoms with van der Waals surface area (Å²) in [6.45, 7) is 7.41. The van der Waals surface area contributed by atoms with Gasteiger partial charge in [-0.1, -0.05) is 13.8 Å². The number of carbonyl (C=O) groups excluding carboxylic acids is 1. The first-order valence-corrected chi connectivity index (χ1v) is 13.2. The van der Waals surface area contributed by atoms with Crippen molar-refractivity contribution in [3.63, 3.8) is 0 Å². The van der Waals surface area contributed by atoms with Gasteiger partial charge in [0.25, 0.3) is 0 Å². The smallest absolute Gasteiger partial charge is 0.187 e. The molecule has 0 aliphatic carbocycles. The van der Waals surface area contributed by atoms with Crippen molar-refractivity contribution in [2.75, 3.05) is 20.3 Å². The summed E-state index contributed by atoms with van der Waals surface area (Å²) in [5.41, 5.74) is 5.95. The molecule has 5 heterocycles. The van der Waals surface area contributed by atoms with Crippen LogP contribution < -0.4 is 9.47 Å². The number of ketones is 1. The summed E-state index contributed by atoms with van der Waals surface area (Å²) < 4.78 is 19.5. The molecule has 8 nitrogen and oxygen atoms in total. The van der Waals surface area contributed by atoms with Gasteiger partial charge in [0, 0.05) is 51.9 Å². The number of nitrogens with one attached hydrogen (secondary N) is 1. The average molecular weight is 517 g/mol. The zero-order chi connectivity index (χ0) is 25.9. The van der Waals surface area contributed by atoms with Crippen LogP contribution in [0, 0.1) is 16.7 Å². The molecule has 0 amide bonds. The molecule has 1 aromatic carbocycles. The Labute approximate surface area is 219 Å². The van der Waals surface area contributed by atoms with Crippen molar-refractivity contribution in [1.82, 2.24) is 9.78 Å². The second kappa shape index (κ2) is 8.78. The number of fused-ring (bicyclic) bond motifs is 3. The lowest BCUT2D eigenvalue weighted by Gasteiger charge is -2.37. The summed E-state index contributed by atoms with van der Waals surface area (Å²) in [5, 5.41) is 17.0. The molecule has 2 aromatic heterocycles. The number of nitrogens with zero attached hydrogens (tertiary/aromatic N) is 3. The Bertz CT molecular complexity index is 1500. The molecule has 1 fully saturated rings. The van der Waals surface area contributed by atoms with E-state index in [0.29, 0.717) is 36.8 Å². The average Bonchev–Trinajstić information content (AvgIpc) is 3.61. The van der Waals surface area contributed by atoms with Crippen molar-refractivity contribution in [2.45, 2.75) is 33.8 Å². The Morgan fingerprint density at radius 2 is 2.14 bits per heavy atom. The second-order valence-electron chi connectivity index (χ2n) is 10.3. The van der Waals surface area contributed by atoms with Gasteiger partial charge >= 0.3 is 0 Å². The first kappa shape index (κ1) is 23.8. The summed E-state index contributed by atoms with van der Waals surface area (Å²) in [6, 6.07) is 5.88. The Hall–Kier alpha value is -3.56. The summed E-state index contributed by atoms with van der Waals surface area (Å²) in [7, 11) is 1.62. The van der Waals surface area contributed by atoms with E-state index in [-0.39, 0.29) is 29.6 Å². The zero-order valence-electron chi connectivity index (χ0n) is 21.3. The van der Waals surface area contributed by atoms with Crippen molar-refractivity contribution in [2.24, 2.45) is 16.3 Å². The predicted octanol–water partition coefficient (Wildman–Crippen LogP) is 5.58. The fourth-order valence-electron chi connectivity index (χ4n) is 5.49. The van der Waals surface area contributed by atoms with E-state index in [0.717, 1.165) is 39.4 Å². The van der Waals surface area contributed by atoms with Gasteiger partial charge in [0.05, 0.1) is 25.1 Å². The number of allylic oxidation sites excluding steroid dienone is 1. The second-order valence-corrected chi connectivity index (χ2v) is 11.1. The van der Waals surface area contributed by atoms with Gasteiger partial charge in [0.2, 0.25) is 0 Å². The van der Waals surface area contributed by atoms with Gasteiger partial charge in [-0.05, 0) is 42.3 Å². The molecule has 1 N–H and O–H groups in total. The molecule has 1 unspecified atom stereocenters.